The zero-order valence-corrected chi connectivity index (χ0v) is 12.5. The van der Waals surface area contributed by atoms with Crippen molar-refractivity contribution >= 4 is 5.69 Å². The van der Waals surface area contributed by atoms with Gasteiger partial charge in [-0.2, -0.15) is 0 Å². The SMILES string of the molecule is COc1ccc(C)cc1C(O)CNc1ccc(C)c(F)c1. The van der Waals surface area contributed by atoms with Crippen LogP contribution < -0.4 is 10.1 Å². The minimum absolute atomic E-state index is 0.261. The number of nitrogens with one attached hydrogen (secondary N) is 1. The minimum Gasteiger partial charge on any atom is -0.496 e. The molecule has 2 N–H and O–H groups in total. The fraction of sp³-hybridized carbons (Fsp3) is 0.294. The number of methoxy groups -OCH3 is 1. The normalized spacial score (nSPS) is 12.0. The van der Waals surface area contributed by atoms with Gasteiger partial charge in [0, 0.05) is 17.8 Å². The Kier molecular flexibility index (Phi) is 4.81. The first-order valence-corrected chi connectivity index (χ1v) is 6.84. The van der Waals surface area contributed by atoms with E-state index in [1.54, 1.807) is 26.2 Å². The van der Waals surface area contributed by atoms with E-state index in [0.29, 0.717) is 17.0 Å². The highest BCUT2D eigenvalue weighted by molar-refractivity contribution is 5.46. The zero-order valence-electron chi connectivity index (χ0n) is 12.5. The molecule has 1 atom stereocenters. The van der Waals surface area contributed by atoms with Crippen molar-refractivity contribution in [3.8, 4) is 5.75 Å². The van der Waals surface area contributed by atoms with Crippen molar-refractivity contribution < 1.29 is 14.2 Å². The number of hydrogen-bond donors (Lipinski definition) is 2. The molecule has 0 aliphatic rings. The molecule has 2 rings (SSSR count). The summed E-state index contributed by atoms with van der Waals surface area (Å²) in [5.74, 6) is 0.382. The van der Waals surface area contributed by atoms with Gasteiger partial charge >= 0.3 is 0 Å². The molecule has 0 spiro atoms. The summed E-state index contributed by atoms with van der Waals surface area (Å²) in [7, 11) is 1.57. The van der Waals surface area contributed by atoms with E-state index in [-0.39, 0.29) is 12.4 Å². The summed E-state index contributed by atoms with van der Waals surface area (Å²) >= 11 is 0. The summed E-state index contributed by atoms with van der Waals surface area (Å²) < 4.78 is 18.7. The molecule has 3 nitrogen and oxygen atoms in total. The second-order valence-corrected chi connectivity index (χ2v) is 5.11. The summed E-state index contributed by atoms with van der Waals surface area (Å²) in [5.41, 5.74) is 3.01. The van der Waals surface area contributed by atoms with Crippen LogP contribution in [0.15, 0.2) is 36.4 Å². The molecule has 0 saturated carbocycles. The smallest absolute Gasteiger partial charge is 0.128 e. The Morgan fingerprint density at radius 2 is 1.95 bits per heavy atom. The van der Waals surface area contributed by atoms with Crippen LogP contribution in [-0.4, -0.2) is 18.8 Å². The molecular weight excluding hydrogens is 269 g/mol. The molecule has 4 heteroatoms. The van der Waals surface area contributed by atoms with Crippen molar-refractivity contribution in [3.05, 3.63) is 58.9 Å². The molecule has 0 aliphatic heterocycles. The monoisotopic (exact) mass is 289 g/mol. The van der Waals surface area contributed by atoms with E-state index in [1.807, 2.05) is 25.1 Å². The Morgan fingerprint density at radius 3 is 2.62 bits per heavy atom. The fourth-order valence-electron chi connectivity index (χ4n) is 2.14. The van der Waals surface area contributed by atoms with E-state index >= 15 is 0 Å². The predicted octanol–water partition coefficient (Wildman–Crippen LogP) is 3.60. The van der Waals surface area contributed by atoms with E-state index < -0.39 is 6.10 Å². The second-order valence-electron chi connectivity index (χ2n) is 5.11. The lowest BCUT2D eigenvalue weighted by molar-refractivity contribution is 0.187. The van der Waals surface area contributed by atoms with Gasteiger partial charge in [0.25, 0.3) is 0 Å². The van der Waals surface area contributed by atoms with Crippen molar-refractivity contribution in [3.63, 3.8) is 0 Å². The first-order valence-electron chi connectivity index (χ1n) is 6.84. The number of anilines is 1. The fourth-order valence-corrected chi connectivity index (χ4v) is 2.14. The Hall–Kier alpha value is -2.07. The summed E-state index contributed by atoms with van der Waals surface area (Å²) in [6, 6.07) is 10.6. The molecule has 1 unspecified atom stereocenters. The number of aliphatic hydroxyl groups is 1. The molecule has 0 amide bonds. The summed E-state index contributed by atoms with van der Waals surface area (Å²) in [6.07, 6.45) is -0.732. The lowest BCUT2D eigenvalue weighted by Gasteiger charge is -2.17. The van der Waals surface area contributed by atoms with Gasteiger partial charge in [-0.1, -0.05) is 17.7 Å². The van der Waals surface area contributed by atoms with Gasteiger partial charge in [-0.15, -0.1) is 0 Å². The van der Waals surface area contributed by atoms with Crippen LogP contribution in [0.1, 0.15) is 22.8 Å². The van der Waals surface area contributed by atoms with Crippen LogP contribution in [0.3, 0.4) is 0 Å². The van der Waals surface area contributed by atoms with Crippen molar-refractivity contribution in [1.29, 1.82) is 0 Å². The molecule has 0 aliphatic carbocycles. The van der Waals surface area contributed by atoms with E-state index in [1.165, 1.54) is 6.07 Å². The number of ether oxygens (including phenoxy) is 1. The standard InChI is InChI=1S/C17H20FNO2/c1-11-4-7-17(21-3)14(8-11)16(20)10-19-13-6-5-12(2)15(18)9-13/h4-9,16,19-20H,10H2,1-3H3. The van der Waals surface area contributed by atoms with Crippen molar-refractivity contribution in [1.82, 2.24) is 0 Å². The van der Waals surface area contributed by atoms with Crippen LogP contribution in [0.2, 0.25) is 0 Å². The summed E-state index contributed by atoms with van der Waals surface area (Å²) in [6.45, 7) is 3.95. The van der Waals surface area contributed by atoms with Crippen LogP contribution >= 0.6 is 0 Å². The second kappa shape index (κ2) is 6.59. The number of rotatable bonds is 5. The summed E-state index contributed by atoms with van der Waals surface area (Å²) in [4.78, 5) is 0. The summed E-state index contributed by atoms with van der Waals surface area (Å²) in [5, 5.41) is 13.3. The van der Waals surface area contributed by atoms with Gasteiger partial charge in [-0.3, -0.25) is 0 Å². The van der Waals surface area contributed by atoms with Gasteiger partial charge in [-0.05, 0) is 43.7 Å². The molecule has 0 aromatic heterocycles. The Labute approximate surface area is 124 Å². The lowest BCUT2D eigenvalue weighted by Crippen LogP contribution is -2.13. The highest BCUT2D eigenvalue weighted by Gasteiger charge is 2.13. The average Bonchev–Trinajstić information content (AvgIpc) is 2.48. The van der Waals surface area contributed by atoms with Crippen LogP contribution in [0.5, 0.6) is 5.75 Å². The molecule has 0 radical (unpaired) electrons. The topological polar surface area (TPSA) is 41.5 Å². The van der Waals surface area contributed by atoms with Crippen LogP contribution in [-0.2, 0) is 0 Å². The lowest BCUT2D eigenvalue weighted by atomic mass is 10.0. The van der Waals surface area contributed by atoms with E-state index in [9.17, 15) is 9.50 Å². The van der Waals surface area contributed by atoms with Crippen LogP contribution in [0.4, 0.5) is 10.1 Å². The van der Waals surface area contributed by atoms with Gasteiger partial charge < -0.3 is 15.2 Å². The van der Waals surface area contributed by atoms with E-state index in [2.05, 4.69) is 5.32 Å². The van der Waals surface area contributed by atoms with Crippen molar-refractivity contribution in [2.24, 2.45) is 0 Å². The number of hydrogen-bond acceptors (Lipinski definition) is 3. The van der Waals surface area contributed by atoms with Crippen LogP contribution in [0, 0.1) is 19.7 Å². The third kappa shape index (κ3) is 3.73. The number of aryl methyl sites for hydroxylation is 2. The van der Waals surface area contributed by atoms with Gasteiger partial charge in [0.15, 0.2) is 0 Å². The highest BCUT2D eigenvalue weighted by atomic mass is 19.1. The molecule has 0 saturated heterocycles. The molecule has 0 bridgehead atoms. The Morgan fingerprint density at radius 1 is 1.19 bits per heavy atom. The molecule has 21 heavy (non-hydrogen) atoms. The third-order valence-corrected chi connectivity index (χ3v) is 3.42. The molecular formula is C17H20FNO2. The minimum atomic E-state index is -0.732. The van der Waals surface area contributed by atoms with Gasteiger partial charge in [0.05, 0.1) is 13.2 Å². The Balaban J connectivity index is 2.09. The van der Waals surface area contributed by atoms with Crippen molar-refractivity contribution in [2.75, 3.05) is 19.0 Å². The molecule has 2 aromatic rings. The molecule has 0 heterocycles. The van der Waals surface area contributed by atoms with Crippen LogP contribution in [0.25, 0.3) is 0 Å². The predicted molar refractivity (Wildman–Crippen MR) is 82.3 cm³/mol. The van der Waals surface area contributed by atoms with Crippen molar-refractivity contribution in [2.45, 2.75) is 20.0 Å². The van der Waals surface area contributed by atoms with Gasteiger partial charge in [0.1, 0.15) is 11.6 Å². The highest BCUT2D eigenvalue weighted by Crippen LogP contribution is 2.26. The number of halogens is 1. The van der Waals surface area contributed by atoms with Gasteiger partial charge in [0.2, 0.25) is 0 Å². The molecule has 0 fully saturated rings. The molecule has 2 aromatic carbocycles. The first kappa shape index (κ1) is 15.3. The maximum atomic E-state index is 13.5. The maximum Gasteiger partial charge on any atom is 0.128 e. The van der Waals surface area contributed by atoms with E-state index in [4.69, 9.17) is 4.74 Å². The third-order valence-electron chi connectivity index (χ3n) is 3.42. The number of aliphatic hydroxyl groups excluding tert-OH is 1. The van der Waals surface area contributed by atoms with E-state index in [0.717, 1.165) is 11.1 Å². The Bertz CT molecular complexity index is 628. The van der Waals surface area contributed by atoms with Gasteiger partial charge in [-0.25, -0.2) is 4.39 Å². The first-order chi connectivity index (χ1) is 10.0. The zero-order chi connectivity index (χ0) is 15.4. The number of benzene rings is 2. The molecule has 112 valence electrons. The average molecular weight is 289 g/mol. The quantitative estimate of drug-likeness (QED) is 0.883. The maximum absolute atomic E-state index is 13.5. The largest absolute Gasteiger partial charge is 0.496 e.